The van der Waals surface area contributed by atoms with Crippen LogP contribution in [0, 0.1) is 0 Å². The molecular formula is C21H20N2O4. The minimum absolute atomic E-state index is 0.202. The second-order valence-corrected chi connectivity index (χ2v) is 5.76. The highest BCUT2D eigenvalue weighted by Crippen LogP contribution is 2.32. The maximum atomic E-state index is 12.2. The number of carbonyl (C=O) groups is 1. The van der Waals surface area contributed by atoms with Gasteiger partial charge < -0.3 is 13.9 Å². The predicted molar refractivity (Wildman–Crippen MR) is 105 cm³/mol. The van der Waals surface area contributed by atoms with Crippen molar-refractivity contribution in [3.8, 4) is 11.5 Å². The fraction of sp³-hybridized carbons (Fsp3) is 0.143. The number of carbonyl (C=O) groups excluding carboxylic acids is 1. The molecule has 1 N–H and O–H groups in total. The van der Waals surface area contributed by atoms with Crippen LogP contribution in [0.15, 0.2) is 64.6 Å². The van der Waals surface area contributed by atoms with Gasteiger partial charge in [0.15, 0.2) is 17.3 Å². The Hall–Kier alpha value is -3.54. The second-order valence-electron chi connectivity index (χ2n) is 5.76. The summed E-state index contributed by atoms with van der Waals surface area (Å²) in [6.45, 7) is 3.76. The summed E-state index contributed by atoms with van der Waals surface area (Å²) in [7, 11) is 3.16. The molecule has 0 unspecified atom stereocenters. The number of furan rings is 1. The van der Waals surface area contributed by atoms with E-state index < -0.39 is 5.91 Å². The van der Waals surface area contributed by atoms with Gasteiger partial charge in [0, 0.05) is 10.9 Å². The quantitative estimate of drug-likeness (QED) is 0.391. The molecule has 2 aromatic carbocycles. The van der Waals surface area contributed by atoms with E-state index in [1.165, 1.54) is 6.21 Å². The average molecular weight is 364 g/mol. The zero-order valence-electron chi connectivity index (χ0n) is 15.2. The second kappa shape index (κ2) is 8.23. The number of hydrogen-bond donors (Lipinski definition) is 1. The summed E-state index contributed by atoms with van der Waals surface area (Å²) < 4.78 is 16.3. The van der Waals surface area contributed by atoms with E-state index in [1.54, 1.807) is 38.5 Å². The third-order valence-electron chi connectivity index (χ3n) is 3.97. The highest BCUT2D eigenvalue weighted by Gasteiger charge is 2.12. The average Bonchev–Trinajstić information content (AvgIpc) is 3.12. The van der Waals surface area contributed by atoms with E-state index in [4.69, 9.17) is 13.9 Å². The van der Waals surface area contributed by atoms with Gasteiger partial charge in [-0.3, -0.25) is 4.79 Å². The van der Waals surface area contributed by atoms with E-state index in [9.17, 15) is 4.79 Å². The Kier molecular flexibility index (Phi) is 5.56. The van der Waals surface area contributed by atoms with E-state index in [0.29, 0.717) is 23.5 Å². The molecule has 0 spiro atoms. The molecule has 0 saturated carbocycles. The minimum Gasteiger partial charge on any atom is -0.493 e. The molecule has 0 aliphatic rings. The summed E-state index contributed by atoms with van der Waals surface area (Å²) in [6.07, 6.45) is 3.93. The largest absolute Gasteiger partial charge is 0.493 e. The molecule has 6 nitrogen and oxygen atoms in total. The molecule has 0 aliphatic heterocycles. The van der Waals surface area contributed by atoms with Crippen LogP contribution < -0.4 is 14.9 Å². The Morgan fingerprint density at radius 1 is 1.22 bits per heavy atom. The number of allylic oxidation sites excluding steroid dienone is 1. The van der Waals surface area contributed by atoms with Crippen molar-refractivity contribution < 1.29 is 18.7 Å². The highest BCUT2D eigenvalue weighted by molar-refractivity contribution is 5.96. The summed E-state index contributed by atoms with van der Waals surface area (Å²) in [4.78, 5) is 12.2. The monoisotopic (exact) mass is 364 g/mol. The van der Waals surface area contributed by atoms with Crippen LogP contribution in [0.1, 0.15) is 21.7 Å². The number of nitrogens with one attached hydrogen (secondary N) is 1. The first kappa shape index (κ1) is 18.3. The van der Waals surface area contributed by atoms with E-state index in [0.717, 1.165) is 16.5 Å². The van der Waals surface area contributed by atoms with Crippen molar-refractivity contribution in [3.05, 3.63) is 72.0 Å². The third kappa shape index (κ3) is 4.00. The molecule has 1 amide bonds. The van der Waals surface area contributed by atoms with Gasteiger partial charge in [-0.05, 0) is 36.2 Å². The summed E-state index contributed by atoms with van der Waals surface area (Å²) in [5.74, 6) is 1.02. The number of hydrogen-bond acceptors (Lipinski definition) is 5. The van der Waals surface area contributed by atoms with Crippen molar-refractivity contribution >= 4 is 23.1 Å². The SMILES string of the molecule is C=CCc1cc(/C=N/NC(=O)c2cc3ccccc3o2)cc(OC)c1OC. The van der Waals surface area contributed by atoms with Gasteiger partial charge in [0.25, 0.3) is 0 Å². The number of amides is 1. The smallest absolute Gasteiger partial charge is 0.307 e. The van der Waals surface area contributed by atoms with Gasteiger partial charge in [-0.2, -0.15) is 5.10 Å². The van der Waals surface area contributed by atoms with E-state index in [2.05, 4.69) is 17.1 Å². The fourth-order valence-electron chi connectivity index (χ4n) is 2.76. The van der Waals surface area contributed by atoms with Crippen LogP contribution >= 0.6 is 0 Å². The van der Waals surface area contributed by atoms with Crippen molar-refractivity contribution in [1.82, 2.24) is 5.43 Å². The lowest BCUT2D eigenvalue weighted by Crippen LogP contribution is -2.16. The van der Waals surface area contributed by atoms with Gasteiger partial charge in [-0.1, -0.05) is 24.3 Å². The molecule has 1 heterocycles. The number of rotatable bonds is 7. The number of hydrazone groups is 1. The summed E-state index contributed by atoms with van der Waals surface area (Å²) >= 11 is 0. The maximum Gasteiger partial charge on any atom is 0.307 e. The number of methoxy groups -OCH3 is 2. The Balaban J connectivity index is 1.77. The number of ether oxygens (including phenoxy) is 2. The van der Waals surface area contributed by atoms with Crippen molar-refractivity contribution in [2.75, 3.05) is 14.2 Å². The zero-order chi connectivity index (χ0) is 19.2. The molecule has 3 aromatic rings. The number of nitrogens with zero attached hydrogens (tertiary/aromatic N) is 1. The molecule has 3 rings (SSSR count). The van der Waals surface area contributed by atoms with Crippen LogP contribution in [0.4, 0.5) is 0 Å². The van der Waals surface area contributed by atoms with Crippen LogP contribution in [0.3, 0.4) is 0 Å². The lowest BCUT2D eigenvalue weighted by atomic mass is 10.1. The summed E-state index contributed by atoms with van der Waals surface area (Å²) in [5, 5.41) is 4.88. The van der Waals surface area contributed by atoms with Crippen molar-refractivity contribution in [3.63, 3.8) is 0 Å². The van der Waals surface area contributed by atoms with Crippen molar-refractivity contribution in [2.45, 2.75) is 6.42 Å². The summed E-state index contributed by atoms with van der Waals surface area (Å²) in [6, 6.07) is 12.8. The molecule has 0 fully saturated rings. The van der Waals surface area contributed by atoms with Crippen LogP contribution in [-0.4, -0.2) is 26.3 Å². The standard InChI is InChI=1S/C21H20N2O4/c1-4-7-16-10-14(11-18(25-2)20(16)26-3)13-22-23-21(24)19-12-15-8-5-6-9-17(15)27-19/h4-6,8-13H,1,7H2,2-3H3,(H,23,24)/b22-13+. The molecule has 0 atom stereocenters. The molecular weight excluding hydrogens is 344 g/mol. The van der Waals surface area contributed by atoms with Crippen molar-refractivity contribution in [2.24, 2.45) is 5.10 Å². The van der Waals surface area contributed by atoms with E-state index >= 15 is 0 Å². The van der Waals surface area contributed by atoms with Crippen LogP contribution in [0.2, 0.25) is 0 Å². The molecule has 6 heteroatoms. The zero-order valence-corrected chi connectivity index (χ0v) is 15.2. The fourth-order valence-corrected chi connectivity index (χ4v) is 2.76. The Morgan fingerprint density at radius 2 is 2.04 bits per heavy atom. The topological polar surface area (TPSA) is 73.1 Å². The first-order chi connectivity index (χ1) is 13.2. The van der Waals surface area contributed by atoms with Gasteiger partial charge in [0.2, 0.25) is 0 Å². The number of para-hydroxylation sites is 1. The molecule has 27 heavy (non-hydrogen) atoms. The Morgan fingerprint density at radius 3 is 2.74 bits per heavy atom. The van der Waals surface area contributed by atoms with Gasteiger partial charge in [0.1, 0.15) is 5.58 Å². The molecule has 0 aliphatic carbocycles. The first-order valence-electron chi connectivity index (χ1n) is 8.34. The van der Waals surface area contributed by atoms with Gasteiger partial charge in [-0.25, -0.2) is 5.43 Å². The molecule has 138 valence electrons. The molecule has 0 saturated heterocycles. The minimum atomic E-state index is -0.422. The predicted octanol–water partition coefficient (Wildman–Crippen LogP) is 3.94. The van der Waals surface area contributed by atoms with Gasteiger partial charge in [0.05, 0.1) is 20.4 Å². The lowest BCUT2D eigenvalue weighted by Gasteiger charge is -2.12. The lowest BCUT2D eigenvalue weighted by molar-refractivity contribution is 0.0929. The van der Waals surface area contributed by atoms with Crippen molar-refractivity contribution in [1.29, 1.82) is 0 Å². The molecule has 1 aromatic heterocycles. The number of fused-ring (bicyclic) bond motifs is 1. The van der Waals surface area contributed by atoms with Crippen LogP contribution in [0.5, 0.6) is 11.5 Å². The third-order valence-corrected chi connectivity index (χ3v) is 3.97. The maximum absolute atomic E-state index is 12.2. The van der Waals surface area contributed by atoms with E-state index in [-0.39, 0.29) is 5.76 Å². The molecule has 0 bridgehead atoms. The Bertz CT molecular complexity index is 972. The highest BCUT2D eigenvalue weighted by atomic mass is 16.5. The van der Waals surface area contributed by atoms with Crippen LogP contribution in [0.25, 0.3) is 11.0 Å². The summed E-state index contributed by atoms with van der Waals surface area (Å²) in [5.41, 5.74) is 4.80. The molecule has 0 radical (unpaired) electrons. The van der Waals surface area contributed by atoms with E-state index in [1.807, 2.05) is 24.3 Å². The Labute approximate surface area is 157 Å². The first-order valence-corrected chi connectivity index (χ1v) is 8.34. The normalized spacial score (nSPS) is 10.9. The van der Waals surface area contributed by atoms with Gasteiger partial charge >= 0.3 is 5.91 Å². The van der Waals surface area contributed by atoms with Crippen LogP contribution in [-0.2, 0) is 6.42 Å². The van der Waals surface area contributed by atoms with Gasteiger partial charge in [-0.15, -0.1) is 6.58 Å². The number of benzene rings is 2.